The van der Waals surface area contributed by atoms with Crippen LogP contribution in [0.25, 0.3) is 10.2 Å². The van der Waals surface area contributed by atoms with Crippen LogP contribution in [0.3, 0.4) is 0 Å². The summed E-state index contributed by atoms with van der Waals surface area (Å²) in [7, 11) is 1.57. The number of likely N-dealkylation sites (tertiary alicyclic amines) is 1. The van der Waals surface area contributed by atoms with E-state index in [0.29, 0.717) is 26.0 Å². The summed E-state index contributed by atoms with van der Waals surface area (Å²) in [4.78, 5) is 33.1. The van der Waals surface area contributed by atoms with Crippen molar-refractivity contribution in [2.24, 2.45) is 0 Å². The number of hydrogen-bond donors (Lipinski definition) is 1. The van der Waals surface area contributed by atoms with Gasteiger partial charge in [-0.3, -0.25) is 14.6 Å². The number of carbonyl (C=O) groups is 2. The molecule has 8 heteroatoms. The van der Waals surface area contributed by atoms with E-state index in [1.165, 1.54) is 15.2 Å². The normalized spacial score (nSPS) is 21.2. The van der Waals surface area contributed by atoms with Crippen LogP contribution in [0.4, 0.5) is 4.79 Å². The molecule has 27 heavy (non-hydrogen) atoms. The average Bonchev–Trinajstić information content (AvgIpc) is 3.23. The minimum atomic E-state index is -0.750. The average molecular weight is 388 g/mol. The van der Waals surface area contributed by atoms with E-state index in [4.69, 9.17) is 4.74 Å². The van der Waals surface area contributed by atoms with E-state index in [1.807, 2.05) is 5.51 Å². The number of ether oxygens (including phenoxy) is 1. The van der Waals surface area contributed by atoms with Crippen molar-refractivity contribution in [2.75, 3.05) is 33.4 Å². The minimum absolute atomic E-state index is 0.110. The SMILES string of the molecule is COCCN1C(=O)NC2(CCN(C(C)c3ccc4scnc4c3)CC2)C1=O. The second-order valence-corrected chi connectivity index (χ2v) is 8.14. The number of hydrogen-bond acceptors (Lipinski definition) is 6. The van der Waals surface area contributed by atoms with Crippen molar-refractivity contribution in [3.05, 3.63) is 29.3 Å². The fourth-order valence-electron chi connectivity index (χ4n) is 4.04. The van der Waals surface area contributed by atoms with Gasteiger partial charge < -0.3 is 10.1 Å². The van der Waals surface area contributed by atoms with Crippen molar-refractivity contribution < 1.29 is 14.3 Å². The maximum Gasteiger partial charge on any atom is 0.325 e. The number of fused-ring (bicyclic) bond motifs is 1. The first-order valence-corrected chi connectivity index (χ1v) is 10.1. The second-order valence-electron chi connectivity index (χ2n) is 7.25. The number of imide groups is 1. The predicted octanol–water partition coefficient (Wildman–Crippen LogP) is 2.39. The summed E-state index contributed by atoms with van der Waals surface area (Å²) in [5.41, 5.74) is 3.38. The van der Waals surface area contributed by atoms with Crippen molar-refractivity contribution >= 4 is 33.5 Å². The Hall–Kier alpha value is -2.03. The molecule has 0 bridgehead atoms. The third kappa shape index (κ3) is 3.22. The Morgan fingerprint density at radius 2 is 2.11 bits per heavy atom. The number of nitrogens with one attached hydrogen (secondary N) is 1. The van der Waals surface area contributed by atoms with E-state index in [0.717, 1.165) is 18.6 Å². The van der Waals surface area contributed by atoms with Crippen molar-refractivity contribution in [3.8, 4) is 0 Å². The Balaban J connectivity index is 1.44. The third-order valence-corrected chi connectivity index (χ3v) is 6.61. The first-order valence-electron chi connectivity index (χ1n) is 9.24. The molecule has 1 aromatic heterocycles. The summed E-state index contributed by atoms with van der Waals surface area (Å²) < 4.78 is 6.21. The lowest BCUT2D eigenvalue weighted by atomic mass is 9.86. The van der Waals surface area contributed by atoms with Crippen LogP contribution in [0.5, 0.6) is 0 Å². The molecule has 7 nitrogen and oxygen atoms in total. The summed E-state index contributed by atoms with van der Waals surface area (Å²) in [6.45, 7) is 4.38. The highest BCUT2D eigenvalue weighted by molar-refractivity contribution is 7.16. The highest BCUT2D eigenvalue weighted by atomic mass is 32.1. The molecule has 1 aromatic carbocycles. The maximum atomic E-state index is 12.8. The van der Waals surface area contributed by atoms with Crippen molar-refractivity contribution in [2.45, 2.75) is 31.3 Å². The Morgan fingerprint density at radius 3 is 2.85 bits per heavy atom. The number of thiazole rings is 1. The quantitative estimate of drug-likeness (QED) is 0.796. The smallest absolute Gasteiger partial charge is 0.325 e. The first kappa shape index (κ1) is 18.3. The lowest BCUT2D eigenvalue weighted by molar-refractivity contribution is -0.133. The topological polar surface area (TPSA) is 74.8 Å². The van der Waals surface area contributed by atoms with Gasteiger partial charge in [0.2, 0.25) is 0 Å². The number of carbonyl (C=O) groups excluding carboxylic acids is 2. The molecule has 0 radical (unpaired) electrons. The lowest BCUT2D eigenvalue weighted by Crippen LogP contribution is -2.55. The number of piperidine rings is 1. The number of benzene rings is 1. The van der Waals surface area contributed by atoms with Gasteiger partial charge in [0.25, 0.3) is 5.91 Å². The van der Waals surface area contributed by atoms with Gasteiger partial charge >= 0.3 is 6.03 Å². The molecule has 1 unspecified atom stereocenters. The third-order valence-electron chi connectivity index (χ3n) is 5.80. The molecule has 1 spiro atoms. The molecule has 2 aromatic rings. The fourth-order valence-corrected chi connectivity index (χ4v) is 4.70. The standard InChI is InChI=1S/C19H24N4O3S/c1-13(14-3-4-16-15(11-14)20-12-27-16)22-7-5-19(6-8-22)17(24)23(9-10-26-2)18(25)21-19/h3-4,11-13H,5-10H2,1-2H3,(H,21,25). The second kappa shape index (κ2) is 7.18. The number of amides is 3. The largest absolute Gasteiger partial charge is 0.383 e. The van der Waals surface area contributed by atoms with Gasteiger partial charge in [-0.1, -0.05) is 6.07 Å². The van der Waals surface area contributed by atoms with Crippen LogP contribution in [0.2, 0.25) is 0 Å². The van der Waals surface area contributed by atoms with Crippen molar-refractivity contribution in [3.63, 3.8) is 0 Å². The van der Waals surface area contributed by atoms with Gasteiger partial charge in [0.1, 0.15) is 5.54 Å². The van der Waals surface area contributed by atoms with Crippen LogP contribution in [0, 0.1) is 0 Å². The number of methoxy groups -OCH3 is 1. The summed E-state index contributed by atoms with van der Waals surface area (Å²) in [6, 6.07) is 6.37. The van der Waals surface area contributed by atoms with E-state index in [2.05, 4.69) is 40.3 Å². The van der Waals surface area contributed by atoms with E-state index in [9.17, 15) is 9.59 Å². The first-order chi connectivity index (χ1) is 13.0. The van der Waals surface area contributed by atoms with Crippen LogP contribution in [-0.2, 0) is 9.53 Å². The summed E-state index contributed by atoms with van der Waals surface area (Å²) in [5.74, 6) is -0.110. The van der Waals surface area contributed by atoms with Crippen molar-refractivity contribution in [1.29, 1.82) is 0 Å². The van der Waals surface area contributed by atoms with Gasteiger partial charge in [0.15, 0.2) is 0 Å². The molecule has 0 aliphatic carbocycles. The zero-order valence-electron chi connectivity index (χ0n) is 15.6. The molecule has 1 atom stereocenters. The molecule has 0 saturated carbocycles. The zero-order valence-corrected chi connectivity index (χ0v) is 16.4. The Kier molecular flexibility index (Phi) is 4.88. The van der Waals surface area contributed by atoms with Gasteiger partial charge in [-0.15, -0.1) is 11.3 Å². The lowest BCUT2D eigenvalue weighted by Gasteiger charge is -2.40. The number of urea groups is 1. The summed E-state index contributed by atoms with van der Waals surface area (Å²) in [5, 5.41) is 2.94. The van der Waals surface area contributed by atoms with Crippen LogP contribution < -0.4 is 5.32 Å². The van der Waals surface area contributed by atoms with Gasteiger partial charge in [-0.05, 0) is 37.5 Å². The molecule has 2 aliphatic rings. The molecular weight excluding hydrogens is 364 g/mol. The fraction of sp³-hybridized carbons (Fsp3) is 0.526. The van der Waals surface area contributed by atoms with E-state index >= 15 is 0 Å². The number of rotatable bonds is 5. The van der Waals surface area contributed by atoms with Gasteiger partial charge in [-0.25, -0.2) is 9.78 Å². The van der Waals surface area contributed by atoms with Gasteiger partial charge in [0, 0.05) is 26.2 Å². The number of nitrogens with zero attached hydrogens (tertiary/aromatic N) is 3. The van der Waals surface area contributed by atoms with Crippen LogP contribution in [-0.4, -0.2) is 65.6 Å². The monoisotopic (exact) mass is 388 g/mol. The Labute approximate surface area is 162 Å². The molecule has 2 aliphatic heterocycles. The highest BCUT2D eigenvalue weighted by Crippen LogP contribution is 2.34. The molecule has 1 N–H and O–H groups in total. The molecule has 4 rings (SSSR count). The molecule has 2 fully saturated rings. The summed E-state index contributed by atoms with van der Waals surface area (Å²) >= 11 is 1.65. The molecule has 3 amide bonds. The van der Waals surface area contributed by atoms with Crippen molar-refractivity contribution in [1.82, 2.24) is 20.1 Å². The van der Waals surface area contributed by atoms with E-state index < -0.39 is 5.54 Å². The zero-order chi connectivity index (χ0) is 19.0. The van der Waals surface area contributed by atoms with E-state index in [-0.39, 0.29) is 18.0 Å². The van der Waals surface area contributed by atoms with Crippen LogP contribution >= 0.6 is 11.3 Å². The molecule has 2 saturated heterocycles. The van der Waals surface area contributed by atoms with Crippen LogP contribution in [0.1, 0.15) is 31.4 Å². The maximum absolute atomic E-state index is 12.8. The Morgan fingerprint density at radius 1 is 1.33 bits per heavy atom. The molecular formula is C19H24N4O3S. The number of aromatic nitrogens is 1. The predicted molar refractivity (Wildman–Crippen MR) is 104 cm³/mol. The van der Waals surface area contributed by atoms with E-state index in [1.54, 1.807) is 18.4 Å². The molecule has 144 valence electrons. The van der Waals surface area contributed by atoms with Gasteiger partial charge in [0.05, 0.1) is 28.9 Å². The van der Waals surface area contributed by atoms with Gasteiger partial charge in [-0.2, -0.15) is 0 Å². The summed E-state index contributed by atoms with van der Waals surface area (Å²) in [6.07, 6.45) is 1.26. The minimum Gasteiger partial charge on any atom is -0.383 e. The highest BCUT2D eigenvalue weighted by Gasteiger charge is 2.52. The van der Waals surface area contributed by atoms with Crippen LogP contribution in [0.15, 0.2) is 23.7 Å². The molecule has 3 heterocycles. The Bertz CT molecular complexity index is 860.